The van der Waals surface area contributed by atoms with Crippen LogP contribution in [0.1, 0.15) is 11.1 Å². The summed E-state index contributed by atoms with van der Waals surface area (Å²) < 4.78 is 52.1. The highest BCUT2D eigenvalue weighted by Gasteiger charge is 2.06. The molecule has 0 atom stereocenters. The topological polar surface area (TPSA) is 67.2 Å². The first-order valence-electron chi connectivity index (χ1n) is 8.06. The molecule has 9 heteroatoms. The van der Waals surface area contributed by atoms with E-state index >= 15 is 0 Å². The molecule has 0 aliphatic heterocycles. The van der Waals surface area contributed by atoms with Crippen molar-refractivity contribution in [3.8, 4) is 0 Å². The Morgan fingerprint density at radius 2 is 1.30 bits per heavy atom. The van der Waals surface area contributed by atoms with Gasteiger partial charge in [-0.1, -0.05) is 12.1 Å². The summed E-state index contributed by atoms with van der Waals surface area (Å²) >= 11 is 0. The molecule has 2 rings (SSSR count). The molecule has 2 aromatic carbocycles. The van der Waals surface area contributed by atoms with Gasteiger partial charge < -0.3 is 10.6 Å². The summed E-state index contributed by atoms with van der Waals surface area (Å²) in [4.78, 5) is 10.1. The summed E-state index contributed by atoms with van der Waals surface area (Å²) in [5.41, 5.74) is 1.06. The monoisotopic (exact) mass is 383 g/mol. The van der Waals surface area contributed by atoms with E-state index in [0.29, 0.717) is 24.0 Å². The van der Waals surface area contributed by atoms with Gasteiger partial charge in [-0.05, 0) is 48.2 Å². The van der Waals surface area contributed by atoms with Gasteiger partial charge in [0, 0.05) is 13.1 Å². The molecule has 0 radical (unpaired) electrons. The number of hydrogen-bond donors (Lipinski definition) is 2. The Balaban J connectivity index is 1.86. The van der Waals surface area contributed by atoms with E-state index in [1.54, 1.807) is 0 Å². The van der Waals surface area contributed by atoms with E-state index in [2.05, 4.69) is 10.6 Å². The number of nitro groups is 1. The Kier molecular flexibility index (Phi) is 7.16. The first-order valence-corrected chi connectivity index (χ1v) is 8.06. The summed E-state index contributed by atoms with van der Waals surface area (Å²) in [5, 5.41) is 16.3. The van der Waals surface area contributed by atoms with Crippen LogP contribution < -0.4 is 10.6 Å². The molecule has 2 aromatic rings. The van der Waals surface area contributed by atoms with Crippen LogP contribution in [0.25, 0.3) is 0 Å². The molecule has 0 aliphatic carbocycles. The van der Waals surface area contributed by atoms with E-state index in [1.165, 1.54) is 12.1 Å². The molecule has 0 unspecified atom stereocenters. The van der Waals surface area contributed by atoms with Gasteiger partial charge in [0.25, 0.3) is 6.20 Å². The number of nitrogens with zero attached hydrogens (tertiary/aromatic N) is 1. The highest BCUT2D eigenvalue weighted by atomic mass is 19.2. The predicted molar refractivity (Wildman–Crippen MR) is 91.2 cm³/mol. The second-order valence-electron chi connectivity index (χ2n) is 5.68. The van der Waals surface area contributed by atoms with Gasteiger partial charge in [-0.25, -0.2) is 17.6 Å². The van der Waals surface area contributed by atoms with Crippen LogP contribution in [-0.4, -0.2) is 18.0 Å². The third-order valence-electron chi connectivity index (χ3n) is 3.66. The number of nitrogens with one attached hydrogen (secondary N) is 2. The summed E-state index contributed by atoms with van der Waals surface area (Å²) in [6.45, 7) is 0.478. The van der Waals surface area contributed by atoms with Gasteiger partial charge in [-0.15, -0.1) is 0 Å². The second-order valence-corrected chi connectivity index (χ2v) is 5.68. The molecule has 0 aromatic heterocycles. The Labute approximate surface area is 152 Å². The smallest absolute Gasteiger partial charge is 0.274 e. The van der Waals surface area contributed by atoms with Crippen molar-refractivity contribution in [1.29, 1.82) is 0 Å². The minimum Gasteiger partial charge on any atom is -0.366 e. The van der Waals surface area contributed by atoms with Crippen LogP contribution in [0.15, 0.2) is 48.4 Å². The van der Waals surface area contributed by atoms with Gasteiger partial charge in [0.05, 0.1) is 4.92 Å². The van der Waals surface area contributed by atoms with Crippen molar-refractivity contribution >= 4 is 0 Å². The molecule has 0 bridgehead atoms. The Hall–Kier alpha value is -3.10. The first kappa shape index (κ1) is 20.2. The molecule has 0 spiro atoms. The van der Waals surface area contributed by atoms with Crippen LogP contribution in [0.2, 0.25) is 0 Å². The van der Waals surface area contributed by atoms with Gasteiger partial charge in [0.15, 0.2) is 29.1 Å². The van der Waals surface area contributed by atoms with Crippen LogP contribution in [-0.2, 0) is 12.8 Å². The molecule has 0 saturated carbocycles. The lowest BCUT2D eigenvalue weighted by molar-refractivity contribution is -0.404. The standard InChI is InChI=1S/C18H17F4N3O2/c19-14-3-1-12(9-16(14)21)5-7-23-18(11-25(26)27)24-8-6-13-2-4-15(20)17(22)10-13/h1-4,9-11,23-24H,5-8H2. The van der Waals surface area contributed by atoms with Crippen molar-refractivity contribution in [2.75, 3.05) is 13.1 Å². The lowest BCUT2D eigenvalue weighted by atomic mass is 10.1. The zero-order valence-electron chi connectivity index (χ0n) is 14.1. The number of hydrogen-bond acceptors (Lipinski definition) is 4. The van der Waals surface area contributed by atoms with Crippen molar-refractivity contribution in [2.24, 2.45) is 0 Å². The van der Waals surface area contributed by atoms with E-state index in [4.69, 9.17) is 0 Å². The molecular formula is C18H17F4N3O2. The number of halogens is 4. The Morgan fingerprint density at radius 1 is 0.852 bits per heavy atom. The summed E-state index contributed by atoms with van der Waals surface area (Å²) in [5.74, 6) is -3.69. The summed E-state index contributed by atoms with van der Waals surface area (Å²) in [6, 6.07) is 6.99. The molecule has 5 nitrogen and oxygen atoms in total. The molecule has 0 heterocycles. The third kappa shape index (κ3) is 6.61. The lowest BCUT2D eigenvalue weighted by Crippen LogP contribution is -2.30. The molecule has 144 valence electrons. The van der Waals surface area contributed by atoms with Crippen molar-refractivity contribution in [1.82, 2.24) is 10.6 Å². The highest BCUT2D eigenvalue weighted by molar-refractivity contribution is 5.19. The minimum absolute atomic E-state index is 0.116. The lowest BCUT2D eigenvalue weighted by Gasteiger charge is -2.12. The minimum atomic E-state index is -0.960. The summed E-state index contributed by atoms with van der Waals surface area (Å²) in [6.07, 6.45) is 1.37. The molecule has 0 aliphatic rings. The van der Waals surface area contributed by atoms with Crippen LogP contribution >= 0.6 is 0 Å². The van der Waals surface area contributed by atoms with Gasteiger partial charge in [0.2, 0.25) is 0 Å². The molecule has 27 heavy (non-hydrogen) atoms. The molecule has 0 saturated heterocycles. The second kappa shape index (κ2) is 9.56. The van der Waals surface area contributed by atoms with Gasteiger partial charge >= 0.3 is 0 Å². The van der Waals surface area contributed by atoms with E-state index in [0.717, 1.165) is 30.5 Å². The quantitative estimate of drug-likeness (QED) is 0.396. The van der Waals surface area contributed by atoms with Crippen molar-refractivity contribution in [3.05, 3.63) is 92.9 Å². The maximum atomic E-state index is 13.2. The average molecular weight is 383 g/mol. The number of rotatable bonds is 9. The van der Waals surface area contributed by atoms with Crippen LogP contribution in [0.5, 0.6) is 0 Å². The third-order valence-corrected chi connectivity index (χ3v) is 3.66. The first-order chi connectivity index (χ1) is 12.8. The maximum absolute atomic E-state index is 13.2. The Morgan fingerprint density at radius 3 is 1.67 bits per heavy atom. The van der Waals surface area contributed by atoms with Crippen LogP contribution in [0.4, 0.5) is 17.6 Å². The largest absolute Gasteiger partial charge is 0.366 e. The predicted octanol–water partition coefficient (Wildman–Crippen LogP) is 3.28. The van der Waals surface area contributed by atoms with E-state index in [9.17, 15) is 27.7 Å². The maximum Gasteiger partial charge on any atom is 0.274 e. The van der Waals surface area contributed by atoms with E-state index in [1.807, 2.05) is 0 Å². The SMILES string of the molecule is O=[N+]([O-])C=C(NCCc1ccc(F)c(F)c1)NCCc1ccc(F)c(F)c1. The Bertz CT molecular complexity index is 784. The average Bonchev–Trinajstić information content (AvgIpc) is 2.60. The fourth-order valence-corrected chi connectivity index (χ4v) is 2.33. The fraction of sp³-hybridized carbons (Fsp3) is 0.222. The summed E-state index contributed by atoms with van der Waals surface area (Å²) in [7, 11) is 0. The highest BCUT2D eigenvalue weighted by Crippen LogP contribution is 2.10. The van der Waals surface area contributed by atoms with Crippen molar-refractivity contribution in [3.63, 3.8) is 0 Å². The van der Waals surface area contributed by atoms with E-state index < -0.39 is 28.2 Å². The molecular weight excluding hydrogens is 366 g/mol. The van der Waals surface area contributed by atoms with E-state index in [-0.39, 0.29) is 18.9 Å². The van der Waals surface area contributed by atoms with Crippen LogP contribution in [0.3, 0.4) is 0 Å². The van der Waals surface area contributed by atoms with Crippen molar-refractivity contribution in [2.45, 2.75) is 12.8 Å². The normalized spacial score (nSPS) is 10.4. The fourth-order valence-electron chi connectivity index (χ4n) is 2.33. The van der Waals surface area contributed by atoms with Crippen molar-refractivity contribution < 1.29 is 22.5 Å². The number of benzene rings is 2. The van der Waals surface area contributed by atoms with Gasteiger partial charge in [-0.3, -0.25) is 10.1 Å². The van der Waals surface area contributed by atoms with Crippen LogP contribution in [0, 0.1) is 33.4 Å². The zero-order chi connectivity index (χ0) is 19.8. The molecule has 0 fully saturated rings. The zero-order valence-corrected chi connectivity index (χ0v) is 14.1. The van der Waals surface area contributed by atoms with Gasteiger partial charge in [0.1, 0.15) is 0 Å². The van der Waals surface area contributed by atoms with Gasteiger partial charge in [-0.2, -0.15) is 0 Å². The molecule has 2 N–H and O–H groups in total. The molecule has 0 amide bonds.